The summed E-state index contributed by atoms with van der Waals surface area (Å²) in [5.41, 5.74) is 5.22. The lowest BCUT2D eigenvalue weighted by molar-refractivity contribution is 0.0696. The summed E-state index contributed by atoms with van der Waals surface area (Å²) in [6, 6.07) is 18.6. The molecular formula is C23H20N2O4. The number of aromatic nitrogens is 2. The Morgan fingerprint density at radius 2 is 1.83 bits per heavy atom. The number of aromatic carboxylic acids is 1. The summed E-state index contributed by atoms with van der Waals surface area (Å²) in [4.78, 5) is 11.5. The Kier molecular flexibility index (Phi) is 5.01. The van der Waals surface area contributed by atoms with Gasteiger partial charge in [0.15, 0.2) is 0 Å². The molecule has 4 aromatic rings. The van der Waals surface area contributed by atoms with Crippen molar-refractivity contribution in [3.8, 4) is 17.0 Å². The fourth-order valence-corrected chi connectivity index (χ4v) is 3.49. The van der Waals surface area contributed by atoms with Crippen LogP contribution in [0.25, 0.3) is 16.8 Å². The molecule has 6 heteroatoms. The van der Waals surface area contributed by atoms with Crippen LogP contribution in [0.4, 0.5) is 0 Å². The van der Waals surface area contributed by atoms with E-state index < -0.39 is 5.97 Å². The fourth-order valence-electron chi connectivity index (χ4n) is 3.49. The van der Waals surface area contributed by atoms with E-state index in [9.17, 15) is 15.0 Å². The van der Waals surface area contributed by atoms with Crippen molar-refractivity contribution in [2.75, 3.05) is 7.11 Å². The third kappa shape index (κ3) is 3.70. The molecule has 0 spiro atoms. The van der Waals surface area contributed by atoms with Gasteiger partial charge in [-0.2, -0.15) is 5.10 Å². The van der Waals surface area contributed by atoms with Crippen molar-refractivity contribution in [3.63, 3.8) is 0 Å². The van der Waals surface area contributed by atoms with Gasteiger partial charge in [0.1, 0.15) is 5.75 Å². The van der Waals surface area contributed by atoms with E-state index in [1.807, 2.05) is 54.7 Å². The van der Waals surface area contributed by atoms with E-state index in [1.54, 1.807) is 17.7 Å². The highest BCUT2D eigenvalue weighted by atomic mass is 16.5. The maximum Gasteiger partial charge on any atom is 0.335 e. The zero-order chi connectivity index (χ0) is 20.4. The number of carbonyl (C=O) groups is 1. The molecule has 0 aliphatic heterocycles. The summed E-state index contributed by atoms with van der Waals surface area (Å²) in [7, 11) is 1.61. The highest BCUT2D eigenvalue weighted by Crippen LogP contribution is 2.30. The number of fused-ring (bicyclic) bond motifs is 1. The molecule has 6 nitrogen and oxygen atoms in total. The second-order valence-electron chi connectivity index (χ2n) is 6.77. The monoisotopic (exact) mass is 388 g/mol. The van der Waals surface area contributed by atoms with Crippen LogP contribution in [0.1, 0.15) is 27.0 Å². The van der Waals surface area contributed by atoms with Gasteiger partial charge in [-0.25, -0.2) is 9.31 Å². The average Bonchev–Trinajstić information content (AvgIpc) is 3.11. The number of aliphatic hydroxyl groups is 1. The van der Waals surface area contributed by atoms with Gasteiger partial charge in [0, 0.05) is 17.5 Å². The Balaban J connectivity index is 1.88. The normalized spacial score (nSPS) is 11.0. The second kappa shape index (κ2) is 7.77. The van der Waals surface area contributed by atoms with Crippen molar-refractivity contribution in [1.82, 2.24) is 9.61 Å². The second-order valence-corrected chi connectivity index (χ2v) is 6.77. The van der Waals surface area contributed by atoms with Crippen molar-refractivity contribution >= 4 is 11.5 Å². The summed E-state index contributed by atoms with van der Waals surface area (Å²) in [6.45, 7) is -0.217. The van der Waals surface area contributed by atoms with Gasteiger partial charge in [0.05, 0.1) is 36.7 Å². The Labute approximate surface area is 167 Å². The summed E-state index contributed by atoms with van der Waals surface area (Å²) in [5.74, 6) is -0.323. The standard InChI is InChI=1S/C23H20N2O4/c1-29-19-7-8-21-20(12-15-9-16(14-26)11-18(10-15)23(27)28)22(24-25(21)13-19)17-5-3-2-4-6-17/h2-11,13,26H,12,14H2,1H3,(H,27,28). The van der Waals surface area contributed by atoms with Crippen LogP contribution < -0.4 is 4.74 Å². The molecule has 2 N–H and O–H groups in total. The first-order chi connectivity index (χ1) is 14.1. The number of ether oxygens (including phenoxy) is 1. The van der Waals surface area contributed by atoms with E-state index in [2.05, 4.69) is 0 Å². The minimum Gasteiger partial charge on any atom is -0.495 e. The summed E-state index contributed by atoms with van der Waals surface area (Å²) >= 11 is 0. The third-order valence-corrected chi connectivity index (χ3v) is 4.85. The van der Waals surface area contributed by atoms with Gasteiger partial charge in [-0.1, -0.05) is 36.4 Å². The van der Waals surface area contributed by atoms with Crippen molar-refractivity contribution in [1.29, 1.82) is 0 Å². The van der Waals surface area contributed by atoms with Crippen molar-refractivity contribution in [3.05, 3.63) is 89.1 Å². The number of carboxylic acid groups (broad SMARTS) is 1. The number of rotatable bonds is 6. The molecule has 2 aromatic carbocycles. The van der Waals surface area contributed by atoms with E-state index in [-0.39, 0.29) is 12.2 Å². The Morgan fingerprint density at radius 3 is 2.52 bits per heavy atom. The Morgan fingerprint density at radius 1 is 1.07 bits per heavy atom. The predicted molar refractivity (Wildman–Crippen MR) is 109 cm³/mol. The summed E-state index contributed by atoms with van der Waals surface area (Å²) in [6.07, 6.45) is 2.30. The molecular weight excluding hydrogens is 368 g/mol. The maximum atomic E-state index is 11.5. The number of nitrogens with zero attached hydrogens (tertiary/aromatic N) is 2. The van der Waals surface area contributed by atoms with Gasteiger partial charge in [-0.05, 0) is 35.4 Å². The van der Waals surface area contributed by atoms with Crippen LogP contribution >= 0.6 is 0 Å². The van der Waals surface area contributed by atoms with Gasteiger partial charge in [0.2, 0.25) is 0 Å². The van der Waals surface area contributed by atoms with Gasteiger partial charge >= 0.3 is 5.97 Å². The molecule has 146 valence electrons. The minimum atomic E-state index is -1.02. The van der Waals surface area contributed by atoms with Crippen LogP contribution in [-0.4, -0.2) is 32.9 Å². The zero-order valence-corrected chi connectivity index (χ0v) is 15.9. The molecule has 0 atom stereocenters. The number of pyridine rings is 1. The average molecular weight is 388 g/mol. The zero-order valence-electron chi connectivity index (χ0n) is 15.9. The van der Waals surface area contributed by atoms with Crippen molar-refractivity contribution < 1.29 is 19.7 Å². The van der Waals surface area contributed by atoms with E-state index in [0.717, 1.165) is 27.9 Å². The Bertz CT molecular complexity index is 1180. The first-order valence-corrected chi connectivity index (χ1v) is 9.16. The molecule has 0 aliphatic rings. The van der Waals surface area contributed by atoms with Gasteiger partial charge in [0.25, 0.3) is 0 Å². The summed E-state index contributed by atoms with van der Waals surface area (Å²) in [5, 5.41) is 23.7. The van der Waals surface area contributed by atoms with Crippen molar-refractivity contribution in [2.24, 2.45) is 0 Å². The smallest absolute Gasteiger partial charge is 0.335 e. The lowest BCUT2D eigenvalue weighted by atomic mass is 9.97. The minimum absolute atomic E-state index is 0.158. The number of carboxylic acids is 1. The van der Waals surface area contributed by atoms with E-state index in [1.165, 1.54) is 6.07 Å². The molecule has 0 unspecified atom stereocenters. The molecule has 0 radical (unpaired) electrons. The number of aliphatic hydroxyl groups excluding tert-OH is 1. The van der Waals surface area contributed by atoms with E-state index >= 15 is 0 Å². The highest BCUT2D eigenvalue weighted by molar-refractivity contribution is 5.88. The SMILES string of the molecule is COc1ccc2c(Cc3cc(CO)cc(C(=O)O)c3)c(-c3ccccc3)nn2c1. The first kappa shape index (κ1) is 18.7. The predicted octanol–water partition coefficient (Wildman–Crippen LogP) is 3.79. The molecule has 2 aromatic heterocycles. The number of hydrogen-bond acceptors (Lipinski definition) is 4. The molecule has 0 saturated heterocycles. The molecule has 0 bridgehead atoms. The molecule has 0 aliphatic carbocycles. The van der Waals surface area contributed by atoms with E-state index in [0.29, 0.717) is 17.7 Å². The van der Waals surface area contributed by atoms with Gasteiger partial charge in [-0.3, -0.25) is 0 Å². The molecule has 0 amide bonds. The first-order valence-electron chi connectivity index (χ1n) is 9.16. The van der Waals surface area contributed by atoms with Crippen molar-refractivity contribution in [2.45, 2.75) is 13.0 Å². The quantitative estimate of drug-likeness (QED) is 0.525. The van der Waals surface area contributed by atoms with Crippen LogP contribution in [0, 0.1) is 0 Å². The highest BCUT2D eigenvalue weighted by Gasteiger charge is 2.17. The maximum absolute atomic E-state index is 11.5. The van der Waals surface area contributed by atoms with Crippen LogP contribution in [0.15, 0.2) is 66.9 Å². The number of benzene rings is 2. The van der Waals surface area contributed by atoms with Crippen LogP contribution in [0.2, 0.25) is 0 Å². The lowest BCUT2D eigenvalue weighted by Crippen LogP contribution is -2.01. The lowest BCUT2D eigenvalue weighted by Gasteiger charge is -2.08. The Hall–Kier alpha value is -3.64. The van der Waals surface area contributed by atoms with Crippen LogP contribution in [0.5, 0.6) is 5.75 Å². The molecule has 0 fully saturated rings. The van der Waals surface area contributed by atoms with Gasteiger partial charge in [-0.15, -0.1) is 0 Å². The van der Waals surface area contributed by atoms with E-state index in [4.69, 9.17) is 9.84 Å². The van der Waals surface area contributed by atoms with Crippen LogP contribution in [0.3, 0.4) is 0 Å². The molecule has 0 saturated carbocycles. The summed E-state index contributed by atoms with van der Waals surface area (Å²) < 4.78 is 7.10. The third-order valence-electron chi connectivity index (χ3n) is 4.85. The number of hydrogen-bond donors (Lipinski definition) is 2. The topological polar surface area (TPSA) is 84.1 Å². The number of methoxy groups -OCH3 is 1. The molecule has 2 heterocycles. The fraction of sp³-hybridized carbons (Fsp3) is 0.130. The molecule has 29 heavy (non-hydrogen) atoms. The van der Waals surface area contributed by atoms with Crippen LogP contribution in [-0.2, 0) is 13.0 Å². The molecule has 4 rings (SSSR count). The largest absolute Gasteiger partial charge is 0.495 e. The van der Waals surface area contributed by atoms with Gasteiger partial charge < -0.3 is 14.9 Å².